The van der Waals surface area contributed by atoms with E-state index in [0.29, 0.717) is 71.1 Å². The Balaban J connectivity index is 1.12. The minimum Gasteiger partial charge on any atom is -0.352 e. The molecule has 0 aliphatic carbocycles. The van der Waals surface area contributed by atoms with Crippen molar-refractivity contribution in [3.63, 3.8) is 0 Å². The van der Waals surface area contributed by atoms with Gasteiger partial charge in [-0.1, -0.05) is 48.5 Å². The molecular formula is C34H54N14O2. The number of carbonyl (C=O) groups is 2. The second-order valence-corrected chi connectivity index (χ2v) is 12.9. The number of nitrogens with two attached hydrogens (primary N) is 3. The number of aromatic nitrogens is 4. The Morgan fingerprint density at radius 2 is 1.12 bits per heavy atom. The van der Waals surface area contributed by atoms with Gasteiger partial charge in [-0.3, -0.25) is 9.59 Å². The molecule has 4 rings (SSSR count). The third-order valence-electron chi connectivity index (χ3n) is 8.73. The van der Waals surface area contributed by atoms with Crippen molar-refractivity contribution in [3.8, 4) is 11.4 Å². The molecule has 2 amide bonds. The molecule has 1 saturated heterocycles. The minimum absolute atomic E-state index is 0.0860. The molecule has 3 aromatic rings. The average Bonchev–Trinajstić information content (AvgIpc) is 3.15. The van der Waals surface area contributed by atoms with Gasteiger partial charge in [-0.15, -0.1) is 20.4 Å². The van der Waals surface area contributed by atoms with E-state index in [9.17, 15) is 9.59 Å². The van der Waals surface area contributed by atoms with E-state index < -0.39 is 5.54 Å². The first-order valence-corrected chi connectivity index (χ1v) is 17.3. The first kappa shape index (κ1) is 38.8. The van der Waals surface area contributed by atoms with Crippen LogP contribution in [-0.2, 0) is 29.2 Å². The fourth-order valence-corrected chi connectivity index (χ4v) is 5.44. The van der Waals surface area contributed by atoms with Crippen LogP contribution in [-0.4, -0.2) is 109 Å². The maximum absolute atomic E-state index is 12.4. The predicted molar refractivity (Wildman–Crippen MR) is 193 cm³/mol. The van der Waals surface area contributed by atoms with E-state index in [0.717, 1.165) is 48.4 Å². The van der Waals surface area contributed by atoms with Crippen LogP contribution in [0.4, 0.5) is 0 Å². The normalized spacial score (nSPS) is 20.8. The van der Waals surface area contributed by atoms with Crippen molar-refractivity contribution in [1.82, 2.24) is 57.6 Å². The molecule has 0 saturated carbocycles. The number of benzene rings is 2. The molecule has 1 aliphatic rings. The molecule has 2 heterocycles. The number of hydrogen-bond donors (Lipinski definition) is 10. The summed E-state index contributed by atoms with van der Waals surface area (Å²) in [6.45, 7) is 8.17. The van der Waals surface area contributed by atoms with Gasteiger partial charge in [-0.05, 0) is 23.1 Å². The van der Waals surface area contributed by atoms with Crippen molar-refractivity contribution in [2.24, 2.45) is 17.2 Å². The largest absolute Gasteiger partial charge is 0.352 e. The Bertz CT molecular complexity index is 1410. The third-order valence-corrected chi connectivity index (χ3v) is 8.73. The number of rotatable bonds is 14. The molecule has 0 atom stereocenters. The van der Waals surface area contributed by atoms with Gasteiger partial charge in [-0.2, -0.15) is 0 Å². The highest BCUT2D eigenvalue weighted by molar-refractivity contribution is 5.78. The molecule has 272 valence electrons. The van der Waals surface area contributed by atoms with Gasteiger partial charge in [0.1, 0.15) is 0 Å². The maximum atomic E-state index is 12.4. The van der Waals surface area contributed by atoms with Crippen molar-refractivity contribution < 1.29 is 9.59 Å². The summed E-state index contributed by atoms with van der Waals surface area (Å²) in [5.74, 6) is 0.254. The van der Waals surface area contributed by atoms with Crippen molar-refractivity contribution >= 4 is 11.8 Å². The van der Waals surface area contributed by atoms with Crippen molar-refractivity contribution in [2.75, 3.05) is 65.4 Å². The molecule has 13 N–H and O–H groups in total. The topological polar surface area (TPSA) is 248 Å². The molecule has 0 bridgehead atoms. The summed E-state index contributed by atoms with van der Waals surface area (Å²) in [5, 5.41) is 38.8. The minimum atomic E-state index is -0.471. The van der Waals surface area contributed by atoms with Gasteiger partial charge in [0.15, 0.2) is 6.33 Å². The zero-order valence-electron chi connectivity index (χ0n) is 28.8. The number of carbonyl (C=O) groups excluding carboxylic acids is 2. The number of nitrogens with zero attached hydrogens (tertiary/aromatic N) is 4. The van der Waals surface area contributed by atoms with Crippen LogP contribution >= 0.6 is 0 Å². The standard InChI is InChI=1S/C34H54N14O2/c35-19-33(37)21-38-12-14-40-23-34(20-36,24-41-15-13-39-22-33)44-18-28-6-4-26(5-7-28)16-42-30(49)2-1-3-31(50)43-17-27-8-10-29(11-9-27)32-47-45-25-46-48-32/h4-11,25,38-41,44H,1-3,12-24,35-37H2,(H,42,49)(H,43,50). The van der Waals surface area contributed by atoms with Gasteiger partial charge in [0.2, 0.25) is 17.6 Å². The lowest BCUT2D eigenvalue weighted by atomic mass is 9.98. The lowest BCUT2D eigenvalue weighted by Crippen LogP contribution is -2.64. The molecule has 0 spiro atoms. The SMILES string of the molecule is NCC1(N)CNCCNCC(CN)(NCc2ccc(CNC(=O)CCCC(=O)NCc3ccc(-c4nncnn4)cc3)cc2)CNCCNC1. The second kappa shape index (κ2) is 20.6. The Labute approximate surface area is 294 Å². The van der Waals surface area contributed by atoms with Gasteiger partial charge in [0.25, 0.3) is 0 Å². The van der Waals surface area contributed by atoms with Crippen LogP contribution in [0.5, 0.6) is 0 Å². The Morgan fingerprint density at radius 3 is 1.60 bits per heavy atom. The van der Waals surface area contributed by atoms with E-state index in [1.807, 2.05) is 36.4 Å². The van der Waals surface area contributed by atoms with Crippen LogP contribution in [0.15, 0.2) is 54.9 Å². The van der Waals surface area contributed by atoms with Crippen molar-refractivity contribution in [2.45, 2.75) is 50.0 Å². The summed E-state index contributed by atoms with van der Waals surface area (Å²) in [7, 11) is 0. The van der Waals surface area contributed by atoms with Crippen LogP contribution in [0.1, 0.15) is 36.0 Å². The Hall–Kier alpha value is -4.00. The van der Waals surface area contributed by atoms with Crippen molar-refractivity contribution in [3.05, 3.63) is 71.5 Å². The molecule has 2 aromatic carbocycles. The van der Waals surface area contributed by atoms with Gasteiger partial charge in [-0.25, -0.2) is 0 Å². The summed E-state index contributed by atoms with van der Waals surface area (Å²) in [6, 6.07) is 15.7. The van der Waals surface area contributed by atoms with E-state index in [4.69, 9.17) is 17.2 Å². The van der Waals surface area contributed by atoms with Crippen LogP contribution in [0.25, 0.3) is 11.4 Å². The summed E-state index contributed by atoms with van der Waals surface area (Å²) in [4.78, 5) is 24.8. The van der Waals surface area contributed by atoms with E-state index in [1.54, 1.807) is 0 Å². The van der Waals surface area contributed by atoms with Gasteiger partial charge in [0.05, 0.1) is 11.1 Å². The fraction of sp³-hybridized carbons (Fsp3) is 0.529. The lowest BCUT2D eigenvalue weighted by molar-refractivity contribution is -0.122. The average molecular weight is 691 g/mol. The van der Waals surface area contributed by atoms with E-state index in [-0.39, 0.29) is 30.2 Å². The molecule has 16 nitrogen and oxygen atoms in total. The molecule has 0 radical (unpaired) electrons. The zero-order chi connectivity index (χ0) is 35.5. The summed E-state index contributed by atoms with van der Waals surface area (Å²) in [6.07, 6.45) is 2.30. The van der Waals surface area contributed by atoms with E-state index >= 15 is 0 Å². The molecule has 1 fully saturated rings. The third kappa shape index (κ3) is 13.4. The van der Waals surface area contributed by atoms with Gasteiger partial charge in [0, 0.05) is 103 Å². The van der Waals surface area contributed by atoms with E-state index in [1.165, 1.54) is 6.33 Å². The second-order valence-electron chi connectivity index (χ2n) is 12.9. The summed E-state index contributed by atoms with van der Waals surface area (Å²) in [5.41, 5.74) is 21.7. The highest BCUT2D eigenvalue weighted by atomic mass is 16.2. The molecule has 16 heteroatoms. The number of hydrogen-bond acceptors (Lipinski definition) is 14. The summed E-state index contributed by atoms with van der Waals surface area (Å²) >= 11 is 0. The monoisotopic (exact) mass is 690 g/mol. The first-order valence-electron chi connectivity index (χ1n) is 17.3. The zero-order valence-corrected chi connectivity index (χ0v) is 28.8. The highest BCUT2D eigenvalue weighted by Crippen LogP contribution is 2.14. The molecule has 0 unspecified atom stereocenters. The summed E-state index contributed by atoms with van der Waals surface area (Å²) < 4.78 is 0. The molecular weight excluding hydrogens is 636 g/mol. The maximum Gasteiger partial charge on any atom is 0.220 e. The molecule has 1 aliphatic heterocycles. The van der Waals surface area contributed by atoms with Gasteiger partial charge >= 0.3 is 0 Å². The van der Waals surface area contributed by atoms with Crippen LogP contribution in [0.2, 0.25) is 0 Å². The Kier molecular flexibility index (Phi) is 16.0. The molecule has 50 heavy (non-hydrogen) atoms. The smallest absolute Gasteiger partial charge is 0.220 e. The Morgan fingerprint density at radius 1 is 0.660 bits per heavy atom. The quantitative estimate of drug-likeness (QED) is 0.0867. The van der Waals surface area contributed by atoms with Crippen LogP contribution in [0.3, 0.4) is 0 Å². The first-order chi connectivity index (χ1) is 24.3. The number of nitrogens with one attached hydrogen (secondary N) is 7. The van der Waals surface area contributed by atoms with Crippen molar-refractivity contribution in [1.29, 1.82) is 0 Å². The molecule has 1 aromatic heterocycles. The lowest BCUT2D eigenvalue weighted by Gasteiger charge is -2.35. The van der Waals surface area contributed by atoms with E-state index in [2.05, 4.69) is 69.7 Å². The highest BCUT2D eigenvalue weighted by Gasteiger charge is 2.28. The van der Waals surface area contributed by atoms with Gasteiger partial charge < -0.3 is 54.4 Å². The number of amides is 2. The fourth-order valence-electron chi connectivity index (χ4n) is 5.44. The van der Waals surface area contributed by atoms with Crippen LogP contribution < -0.4 is 54.4 Å². The predicted octanol–water partition coefficient (Wildman–Crippen LogP) is -2.15. The van der Waals surface area contributed by atoms with Crippen LogP contribution in [0, 0.1) is 0 Å².